The van der Waals surface area contributed by atoms with Gasteiger partial charge in [-0.2, -0.15) is 4.31 Å². The smallest absolute Gasteiger partial charge is 0.313 e. The number of rotatable bonds is 6. The highest BCUT2D eigenvalue weighted by Crippen LogP contribution is 2.27. The summed E-state index contributed by atoms with van der Waals surface area (Å²) >= 11 is 0. The first kappa shape index (κ1) is 23.9. The van der Waals surface area contributed by atoms with Crippen molar-refractivity contribution >= 4 is 27.5 Å². The minimum absolute atomic E-state index is 0.0442. The standard InChI is InChI=1S/C23H28FN3O4S/c1-16-6-7-17(2)21(15-16)26-23(29)22(28)25-13-12-19-5-3-4-14-27(19)32(30,31)20-10-8-18(24)9-11-20/h6-11,15,19H,3-5,12-14H2,1-2H3,(H,25,28)(H,26,29). The Morgan fingerprint density at radius 2 is 1.78 bits per heavy atom. The van der Waals surface area contributed by atoms with Crippen molar-refractivity contribution in [1.82, 2.24) is 9.62 Å². The van der Waals surface area contributed by atoms with E-state index >= 15 is 0 Å². The third-order valence-electron chi connectivity index (χ3n) is 5.60. The number of carbonyl (C=O) groups is 2. The number of anilines is 1. The third-order valence-corrected chi connectivity index (χ3v) is 7.57. The van der Waals surface area contributed by atoms with E-state index in [-0.39, 0.29) is 17.5 Å². The van der Waals surface area contributed by atoms with Gasteiger partial charge in [-0.15, -0.1) is 0 Å². The Hall–Kier alpha value is -2.78. The molecule has 0 aliphatic carbocycles. The zero-order valence-electron chi connectivity index (χ0n) is 18.2. The molecule has 1 aliphatic rings. The maximum absolute atomic E-state index is 13.2. The minimum Gasteiger partial charge on any atom is -0.348 e. The molecule has 2 N–H and O–H groups in total. The van der Waals surface area contributed by atoms with Gasteiger partial charge >= 0.3 is 11.8 Å². The van der Waals surface area contributed by atoms with E-state index < -0.39 is 27.7 Å². The van der Waals surface area contributed by atoms with Gasteiger partial charge < -0.3 is 10.6 Å². The van der Waals surface area contributed by atoms with Crippen LogP contribution in [0.1, 0.15) is 36.8 Å². The van der Waals surface area contributed by atoms with Crippen LogP contribution < -0.4 is 10.6 Å². The Kier molecular flexibility index (Phi) is 7.63. The monoisotopic (exact) mass is 461 g/mol. The van der Waals surface area contributed by atoms with Crippen LogP contribution in [-0.4, -0.2) is 43.7 Å². The van der Waals surface area contributed by atoms with E-state index in [4.69, 9.17) is 0 Å². The van der Waals surface area contributed by atoms with Gasteiger partial charge in [0.1, 0.15) is 5.82 Å². The summed E-state index contributed by atoms with van der Waals surface area (Å²) in [4.78, 5) is 24.5. The molecule has 1 heterocycles. The lowest BCUT2D eigenvalue weighted by atomic mass is 10.0. The molecule has 9 heteroatoms. The molecule has 1 fully saturated rings. The van der Waals surface area contributed by atoms with Crippen LogP contribution in [0, 0.1) is 19.7 Å². The molecule has 2 aromatic rings. The largest absolute Gasteiger partial charge is 0.348 e. The lowest BCUT2D eigenvalue weighted by molar-refractivity contribution is -0.136. The molecule has 2 aromatic carbocycles. The number of carbonyl (C=O) groups excluding carboxylic acids is 2. The lowest BCUT2D eigenvalue weighted by Crippen LogP contribution is -2.45. The molecule has 32 heavy (non-hydrogen) atoms. The number of halogens is 1. The number of hydrogen-bond donors (Lipinski definition) is 2. The van der Waals surface area contributed by atoms with Crippen LogP contribution >= 0.6 is 0 Å². The summed E-state index contributed by atoms with van der Waals surface area (Å²) in [6.45, 7) is 4.27. The second-order valence-electron chi connectivity index (χ2n) is 8.04. The van der Waals surface area contributed by atoms with Crippen LogP contribution in [0.3, 0.4) is 0 Å². The molecule has 0 saturated carbocycles. The number of amides is 2. The van der Waals surface area contributed by atoms with Crippen LogP contribution in [0.4, 0.5) is 10.1 Å². The number of aryl methyl sites for hydroxylation is 2. The average Bonchev–Trinajstić information content (AvgIpc) is 2.76. The molecular formula is C23H28FN3O4S. The number of benzene rings is 2. The fourth-order valence-corrected chi connectivity index (χ4v) is 5.53. The Morgan fingerprint density at radius 3 is 2.50 bits per heavy atom. The Labute approximate surface area is 188 Å². The summed E-state index contributed by atoms with van der Waals surface area (Å²) in [7, 11) is -3.77. The molecule has 0 spiro atoms. The van der Waals surface area contributed by atoms with Gasteiger partial charge in [-0.05, 0) is 74.6 Å². The molecule has 0 radical (unpaired) electrons. The lowest BCUT2D eigenvalue weighted by Gasteiger charge is -2.34. The van der Waals surface area contributed by atoms with Crippen molar-refractivity contribution in [2.45, 2.75) is 50.5 Å². The maximum atomic E-state index is 13.2. The normalized spacial score (nSPS) is 17.0. The molecular weight excluding hydrogens is 433 g/mol. The first-order valence-corrected chi connectivity index (χ1v) is 12.1. The van der Waals surface area contributed by atoms with E-state index in [1.807, 2.05) is 26.0 Å². The minimum atomic E-state index is -3.77. The van der Waals surface area contributed by atoms with Gasteiger partial charge in [0.25, 0.3) is 0 Å². The van der Waals surface area contributed by atoms with Crippen LogP contribution in [0.15, 0.2) is 47.4 Å². The molecule has 1 atom stereocenters. The van der Waals surface area contributed by atoms with Gasteiger partial charge in [0.2, 0.25) is 10.0 Å². The number of sulfonamides is 1. The molecule has 172 valence electrons. The molecule has 1 saturated heterocycles. The topological polar surface area (TPSA) is 95.6 Å². The molecule has 1 aliphatic heterocycles. The van der Waals surface area contributed by atoms with E-state index in [0.717, 1.165) is 36.1 Å². The zero-order valence-corrected chi connectivity index (χ0v) is 19.0. The number of hydrogen-bond acceptors (Lipinski definition) is 4. The summed E-state index contributed by atoms with van der Waals surface area (Å²) in [5, 5.41) is 5.19. The van der Waals surface area contributed by atoms with E-state index in [2.05, 4.69) is 10.6 Å². The number of nitrogens with one attached hydrogen (secondary N) is 2. The molecule has 7 nitrogen and oxygen atoms in total. The van der Waals surface area contributed by atoms with E-state index in [1.165, 1.54) is 16.4 Å². The summed E-state index contributed by atoms with van der Waals surface area (Å²) in [6, 6.07) is 10.0. The van der Waals surface area contributed by atoms with Gasteiger partial charge in [0, 0.05) is 24.8 Å². The van der Waals surface area contributed by atoms with Crippen molar-refractivity contribution < 1.29 is 22.4 Å². The fourth-order valence-electron chi connectivity index (χ4n) is 3.80. The third kappa shape index (κ3) is 5.72. The average molecular weight is 462 g/mol. The predicted molar refractivity (Wildman–Crippen MR) is 120 cm³/mol. The Morgan fingerprint density at radius 1 is 1.06 bits per heavy atom. The van der Waals surface area contributed by atoms with Crippen molar-refractivity contribution in [3.63, 3.8) is 0 Å². The van der Waals surface area contributed by atoms with E-state index in [0.29, 0.717) is 25.1 Å². The summed E-state index contributed by atoms with van der Waals surface area (Å²) in [6.07, 6.45) is 2.65. The summed E-state index contributed by atoms with van der Waals surface area (Å²) in [5.74, 6) is -2.03. The number of nitrogens with zero attached hydrogens (tertiary/aromatic N) is 1. The van der Waals surface area contributed by atoms with E-state index in [9.17, 15) is 22.4 Å². The quantitative estimate of drug-likeness (QED) is 0.646. The van der Waals surface area contributed by atoms with E-state index in [1.54, 1.807) is 6.07 Å². The second kappa shape index (κ2) is 10.2. The van der Waals surface area contributed by atoms with Crippen molar-refractivity contribution in [3.8, 4) is 0 Å². The van der Waals surface area contributed by atoms with Crippen LogP contribution in [0.5, 0.6) is 0 Å². The first-order valence-electron chi connectivity index (χ1n) is 10.6. The van der Waals surface area contributed by atoms with Gasteiger partial charge in [-0.3, -0.25) is 9.59 Å². The summed E-state index contributed by atoms with van der Waals surface area (Å²) < 4.78 is 40.7. The molecule has 2 amide bonds. The SMILES string of the molecule is Cc1ccc(C)c(NC(=O)C(=O)NCCC2CCCCN2S(=O)(=O)c2ccc(F)cc2)c1. The van der Waals surface area contributed by atoms with Gasteiger partial charge in [0.05, 0.1) is 4.90 Å². The molecule has 0 aromatic heterocycles. The Bertz CT molecular complexity index is 1090. The van der Waals surface area contributed by atoms with Crippen molar-refractivity contribution in [2.24, 2.45) is 0 Å². The van der Waals surface area contributed by atoms with Crippen LogP contribution in [0.2, 0.25) is 0 Å². The highest BCUT2D eigenvalue weighted by molar-refractivity contribution is 7.89. The van der Waals surface area contributed by atoms with Crippen LogP contribution in [-0.2, 0) is 19.6 Å². The van der Waals surface area contributed by atoms with Crippen molar-refractivity contribution in [3.05, 3.63) is 59.4 Å². The van der Waals surface area contributed by atoms with Crippen LogP contribution in [0.25, 0.3) is 0 Å². The van der Waals surface area contributed by atoms with Crippen molar-refractivity contribution in [2.75, 3.05) is 18.4 Å². The van der Waals surface area contributed by atoms with Crippen molar-refractivity contribution in [1.29, 1.82) is 0 Å². The summed E-state index contributed by atoms with van der Waals surface area (Å²) in [5.41, 5.74) is 2.39. The highest BCUT2D eigenvalue weighted by Gasteiger charge is 2.33. The van der Waals surface area contributed by atoms with Gasteiger partial charge in [-0.25, -0.2) is 12.8 Å². The highest BCUT2D eigenvalue weighted by atomic mass is 32.2. The molecule has 3 rings (SSSR count). The first-order chi connectivity index (χ1) is 15.2. The zero-order chi connectivity index (χ0) is 23.3. The molecule has 0 bridgehead atoms. The molecule has 1 unspecified atom stereocenters. The van der Waals surface area contributed by atoms with Gasteiger partial charge in [0.15, 0.2) is 0 Å². The van der Waals surface area contributed by atoms with Gasteiger partial charge in [-0.1, -0.05) is 18.6 Å². The predicted octanol–water partition coefficient (Wildman–Crippen LogP) is 3.13. The number of piperidine rings is 1. The second-order valence-corrected chi connectivity index (χ2v) is 9.93. The Balaban J connectivity index is 1.58. The fraction of sp³-hybridized carbons (Fsp3) is 0.391. The maximum Gasteiger partial charge on any atom is 0.313 e.